The third-order valence-corrected chi connectivity index (χ3v) is 6.66. The van der Waals surface area contributed by atoms with E-state index in [0.717, 1.165) is 55.6 Å². The van der Waals surface area contributed by atoms with Gasteiger partial charge in [0.1, 0.15) is 17.1 Å². The zero-order valence-electron chi connectivity index (χ0n) is 20.9. The second-order valence-electron chi connectivity index (χ2n) is 9.29. The van der Waals surface area contributed by atoms with Gasteiger partial charge in [-0.05, 0) is 115 Å². The van der Waals surface area contributed by atoms with Gasteiger partial charge in [-0.15, -0.1) is 0 Å². The fraction of sp³-hybridized carbons (Fsp3) is 0.161. The molecule has 0 saturated carbocycles. The molecule has 0 saturated heterocycles. The second-order valence-corrected chi connectivity index (χ2v) is 9.29. The molecule has 3 N–H and O–H groups in total. The van der Waals surface area contributed by atoms with Crippen LogP contribution in [0.5, 0.6) is 11.5 Å². The maximum atomic E-state index is 11.7. The Labute approximate surface area is 210 Å². The number of carboxylic acid groups (broad SMARTS) is 1. The van der Waals surface area contributed by atoms with E-state index in [2.05, 4.69) is 24.3 Å². The molecule has 0 heterocycles. The van der Waals surface area contributed by atoms with Crippen LogP contribution in [-0.2, 0) is 0 Å². The van der Waals surface area contributed by atoms with Crippen LogP contribution in [0.3, 0.4) is 0 Å². The number of benzene rings is 4. The summed E-state index contributed by atoms with van der Waals surface area (Å²) >= 11 is 0. The Morgan fingerprint density at radius 1 is 0.556 bits per heavy atom. The number of phenols is 2. The summed E-state index contributed by atoms with van der Waals surface area (Å²) in [5, 5.41) is 29.6. The van der Waals surface area contributed by atoms with E-state index in [1.165, 1.54) is 19.1 Å². The van der Waals surface area contributed by atoms with Crippen LogP contribution in [-0.4, -0.2) is 27.1 Å². The van der Waals surface area contributed by atoms with Gasteiger partial charge in [0.2, 0.25) is 0 Å². The monoisotopic (exact) mass is 480 g/mol. The smallest absolute Gasteiger partial charge is 0.339 e. The van der Waals surface area contributed by atoms with Gasteiger partial charge in [-0.3, -0.25) is 4.79 Å². The van der Waals surface area contributed by atoms with Crippen LogP contribution in [0.4, 0.5) is 0 Å². The summed E-state index contributed by atoms with van der Waals surface area (Å²) in [6, 6.07) is 18.2. The van der Waals surface area contributed by atoms with Crippen molar-refractivity contribution in [3.05, 3.63) is 94.0 Å². The maximum absolute atomic E-state index is 11.7. The number of hydrogen-bond donors (Lipinski definition) is 3. The first-order chi connectivity index (χ1) is 17.0. The Balaban J connectivity index is 1.76. The Morgan fingerprint density at radius 3 is 1.28 bits per heavy atom. The normalized spacial score (nSPS) is 10.9. The minimum Gasteiger partial charge on any atom is -0.507 e. The maximum Gasteiger partial charge on any atom is 0.339 e. The summed E-state index contributed by atoms with van der Waals surface area (Å²) in [5.41, 5.74) is 10.0. The Kier molecular flexibility index (Phi) is 6.42. The lowest BCUT2D eigenvalue weighted by atomic mass is 9.87. The average Bonchev–Trinajstić information content (AvgIpc) is 2.81. The van der Waals surface area contributed by atoms with Crippen molar-refractivity contribution in [2.75, 3.05) is 0 Å². The Bertz CT molecular complexity index is 1430. The quantitative estimate of drug-likeness (QED) is 0.262. The number of carbonyl (C=O) groups is 2. The average molecular weight is 481 g/mol. The summed E-state index contributed by atoms with van der Waals surface area (Å²) in [6.45, 7) is 9.54. The van der Waals surface area contributed by atoms with Gasteiger partial charge in [0.05, 0.1) is 5.56 Å². The highest BCUT2D eigenvalue weighted by Gasteiger charge is 2.16. The predicted octanol–water partition coefficient (Wildman–Crippen LogP) is 7.23. The van der Waals surface area contributed by atoms with E-state index in [1.807, 2.05) is 33.8 Å². The van der Waals surface area contributed by atoms with Crippen molar-refractivity contribution in [2.45, 2.75) is 34.6 Å². The highest BCUT2D eigenvalue weighted by Crippen LogP contribution is 2.38. The first-order valence-corrected chi connectivity index (χ1v) is 11.6. The molecule has 0 spiro atoms. The summed E-state index contributed by atoms with van der Waals surface area (Å²) < 4.78 is 0. The molecule has 0 aliphatic rings. The summed E-state index contributed by atoms with van der Waals surface area (Å²) in [5.74, 6) is -1.62. The molecule has 0 aromatic heterocycles. The highest BCUT2D eigenvalue weighted by molar-refractivity contribution is 5.97. The number of carboxylic acids is 1. The van der Waals surface area contributed by atoms with Crippen molar-refractivity contribution in [1.82, 2.24) is 0 Å². The van der Waals surface area contributed by atoms with Crippen LogP contribution in [0.15, 0.2) is 60.7 Å². The lowest BCUT2D eigenvalue weighted by molar-refractivity contribution is 0.0693. The molecule has 4 rings (SSSR count). The standard InChI is InChI=1S/C31H28O5/c1-16-12-27(18(3)10-25(16)21-6-8-23(20(5)32)29(33)14-21)28-13-17(2)26(11-19(28)4)22-7-9-24(31(35)36)30(34)15-22/h6-15,33-34H,1-5H3,(H,35,36). The number of carbonyl (C=O) groups excluding carboxylic acids is 1. The van der Waals surface area contributed by atoms with Crippen molar-refractivity contribution in [3.63, 3.8) is 0 Å². The second kappa shape index (κ2) is 9.34. The molecule has 182 valence electrons. The number of aromatic carboxylic acids is 1. The first kappa shape index (κ1) is 24.7. The molecule has 0 fully saturated rings. The fourth-order valence-electron chi connectivity index (χ4n) is 4.71. The summed E-state index contributed by atoms with van der Waals surface area (Å²) in [4.78, 5) is 22.9. The van der Waals surface area contributed by atoms with Crippen LogP contribution in [0.2, 0.25) is 0 Å². The van der Waals surface area contributed by atoms with Crippen LogP contribution < -0.4 is 0 Å². The number of aryl methyl sites for hydroxylation is 4. The number of Topliss-reactive ketones (excluding diaryl/α,β-unsaturated/α-hetero) is 1. The van der Waals surface area contributed by atoms with E-state index >= 15 is 0 Å². The molecule has 4 aromatic carbocycles. The van der Waals surface area contributed by atoms with Crippen molar-refractivity contribution in [1.29, 1.82) is 0 Å². The van der Waals surface area contributed by atoms with Gasteiger partial charge >= 0.3 is 5.97 Å². The third-order valence-electron chi connectivity index (χ3n) is 6.66. The molecule has 0 aliphatic carbocycles. The molecule has 0 aliphatic heterocycles. The zero-order chi connectivity index (χ0) is 26.3. The molecule has 0 bridgehead atoms. The largest absolute Gasteiger partial charge is 0.507 e. The number of ketones is 1. The van der Waals surface area contributed by atoms with Gasteiger partial charge in [0, 0.05) is 0 Å². The molecular formula is C31H28O5. The minimum absolute atomic E-state index is 0.0226. The van der Waals surface area contributed by atoms with E-state index < -0.39 is 5.97 Å². The number of rotatable bonds is 5. The molecule has 0 radical (unpaired) electrons. The molecule has 36 heavy (non-hydrogen) atoms. The molecule has 0 amide bonds. The highest BCUT2D eigenvalue weighted by atomic mass is 16.4. The Morgan fingerprint density at radius 2 is 0.917 bits per heavy atom. The van der Waals surface area contributed by atoms with Gasteiger partial charge in [-0.2, -0.15) is 0 Å². The lowest BCUT2D eigenvalue weighted by Gasteiger charge is -2.18. The molecular weight excluding hydrogens is 452 g/mol. The van der Waals surface area contributed by atoms with E-state index in [-0.39, 0.29) is 22.8 Å². The van der Waals surface area contributed by atoms with Gasteiger partial charge in [-0.25, -0.2) is 4.79 Å². The number of hydrogen-bond acceptors (Lipinski definition) is 4. The minimum atomic E-state index is -1.17. The molecule has 4 aromatic rings. The molecule has 0 unspecified atom stereocenters. The summed E-state index contributed by atoms with van der Waals surface area (Å²) in [6.07, 6.45) is 0. The molecule has 5 heteroatoms. The predicted molar refractivity (Wildman–Crippen MR) is 142 cm³/mol. The number of phenolic OH excluding ortho intramolecular Hbond substituents is 1. The van der Waals surface area contributed by atoms with Gasteiger partial charge in [0.25, 0.3) is 0 Å². The Hall–Kier alpha value is -4.38. The van der Waals surface area contributed by atoms with Crippen LogP contribution in [0.1, 0.15) is 49.9 Å². The van der Waals surface area contributed by atoms with E-state index in [9.17, 15) is 24.9 Å². The van der Waals surface area contributed by atoms with Crippen molar-refractivity contribution in [2.24, 2.45) is 0 Å². The molecule has 5 nitrogen and oxygen atoms in total. The van der Waals surface area contributed by atoms with Crippen molar-refractivity contribution >= 4 is 11.8 Å². The third kappa shape index (κ3) is 4.48. The van der Waals surface area contributed by atoms with Crippen molar-refractivity contribution in [3.8, 4) is 44.9 Å². The van der Waals surface area contributed by atoms with Gasteiger partial charge in [0.15, 0.2) is 5.78 Å². The molecule has 0 atom stereocenters. The fourth-order valence-corrected chi connectivity index (χ4v) is 4.71. The van der Waals surface area contributed by atoms with E-state index in [1.54, 1.807) is 18.2 Å². The van der Waals surface area contributed by atoms with Gasteiger partial charge < -0.3 is 15.3 Å². The zero-order valence-corrected chi connectivity index (χ0v) is 20.9. The number of aromatic hydroxyl groups is 2. The SMILES string of the molecule is CC(=O)c1ccc(-c2cc(C)c(-c3cc(C)c(-c4ccc(C(=O)O)c(O)c4)cc3C)cc2C)cc1O. The topological polar surface area (TPSA) is 94.8 Å². The van der Waals surface area contributed by atoms with Crippen LogP contribution in [0.25, 0.3) is 33.4 Å². The van der Waals surface area contributed by atoms with E-state index in [4.69, 9.17) is 0 Å². The van der Waals surface area contributed by atoms with Crippen LogP contribution in [0, 0.1) is 27.7 Å². The van der Waals surface area contributed by atoms with Crippen LogP contribution >= 0.6 is 0 Å². The van der Waals surface area contributed by atoms with E-state index in [0.29, 0.717) is 5.56 Å². The van der Waals surface area contributed by atoms with Crippen molar-refractivity contribution < 1.29 is 24.9 Å². The van der Waals surface area contributed by atoms with Gasteiger partial charge in [-0.1, -0.05) is 36.4 Å². The summed E-state index contributed by atoms with van der Waals surface area (Å²) in [7, 11) is 0. The first-order valence-electron chi connectivity index (χ1n) is 11.6. The lowest BCUT2D eigenvalue weighted by Crippen LogP contribution is -1.97.